The lowest BCUT2D eigenvalue weighted by molar-refractivity contribution is -0.0972. The SMILES string of the molecule is CC1CN(Cc2ccnc(C(=N)N)c2)CC(CO)O1. The fraction of sp³-hybridized carbons (Fsp3) is 0.538. The van der Waals surface area contributed by atoms with Crippen molar-refractivity contribution in [2.45, 2.75) is 25.7 Å². The second-order valence-electron chi connectivity index (χ2n) is 4.91. The van der Waals surface area contributed by atoms with E-state index >= 15 is 0 Å². The fourth-order valence-corrected chi connectivity index (χ4v) is 2.35. The standard InChI is InChI=1S/C13H20N4O2/c1-9-5-17(7-11(8-18)19-9)6-10-2-3-16-12(4-10)13(14)15/h2-4,9,11,18H,5-8H2,1H3,(H3,14,15). The number of aromatic nitrogens is 1. The second kappa shape index (κ2) is 6.10. The number of aliphatic hydroxyl groups is 1. The molecule has 6 nitrogen and oxygen atoms in total. The topological polar surface area (TPSA) is 95.5 Å². The number of aliphatic hydroxyl groups excluding tert-OH is 1. The zero-order valence-corrected chi connectivity index (χ0v) is 11.0. The molecule has 1 saturated heterocycles. The highest BCUT2D eigenvalue weighted by atomic mass is 16.5. The molecule has 0 spiro atoms. The van der Waals surface area contributed by atoms with Gasteiger partial charge in [-0.1, -0.05) is 0 Å². The van der Waals surface area contributed by atoms with Crippen molar-refractivity contribution in [1.29, 1.82) is 5.41 Å². The number of nitrogens with zero attached hydrogens (tertiary/aromatic N) is 2. The van der Waals surface area contributed by atoms with Crippen molar-refractivity contribution in [3.05, 3.63) is 29.6 Å². The molecular formula is C13H20N4O2. The Labute approximate surface area is 112 Å². The maximum absolute atomic E-state index is 9.20. The van der Waals surface area contributed by atoms with E-state index in [1.54, 1.807) is 6.20 Å². The zero-order valence-electron chi connectivity index (χ0n) is 11.0. The maximum atomic E-state index is 9.20. The summed E-state index contributed by atoms with van der Waals surface area (Å²) in [6.07, 6.45) is 1.65. The molecule has 0 saturated carbocycles. The molecule has 0 aliphatic carbocycles. The summed E-state index contributed by atoms with van der Waals surface area (Å²) < 4.78 is 5.61. The minimum absolute atomic E-state index is 0.0227. The molecule has 0 bridgehead atoms. The van der Waals surface area contributed by atoms with E-state index in [-0.39, 0.29) is 24.7 Å². The van der Waals surface area contributed by atoms with Crippen LogP contribution >= 0.6 is 0 Å². The number of hydrogen-bond donors (Lipinski definition) is 3. The van der Waals surface area contributed by atoms with Crippen LogP contribution in [0.2, 0.25) is 0 Å². The Morgan fingerprint density at radius 3 is 3.11 bits per heavy atom. The molecule has 1 aliphatic rings. The normalized spacial score (nSPS) is 24.3. The highest BCUT2D eigenvalue weighted by molar-refractivity contribution is 5.93. The third-order valence-electron chi connectivity index (χ3n) is 3.11. The summed E-state index contributed by atoms with van der Waals surface area (Å²) >= 11 is 0. The van der Waals surface area contributed by atoms with E-state index in [4.69, 9.17) is 15.9 Å². The average Bonchev–Trinajstić information content (AvgIpc) is 2.38. The predicted octanol–water partition coefficient (Wildman–Crippen LogP) is -0.0527. The first-order chi connectivity index (χ1) is 9.08. The predicted molar refractivity (Wildman–Crippen MR) is 72.0 cm³/mol. The Hall–Kier alpha value is -1.50. The number of ether oxygens (including phenoxy) is 1. The molecule has 1 aromatic heterocycles. The molecule has 104 valence electrons. The molecule has 1 aromatic rings. The van der Waals surface area contributed by atoms with Crippen molar-refractivity contribution >= 4 is 5.84 Å². The first-order valence-corrected chi connectivity index (χ1v) is 6.36. The van der Waals surface area contributed by atoms with Gasteiger partial charge >= 0.3 is 0 Å². The van der Waals surface area contributed by atoms with Gasteiger partial charge in [0.15, 0.2) is 0 Å². The maximum Gasteiger partial charge on any atom is 0.141 e. The Kier molecular flexibility index (Phi) is 4.47. The van der Waals surface area contributed by atoms with Gasteiger partial charge in [-0.15, -0.1) is 0 Å². The van der Waals surface area contributed by atoms with Crippen LogP contribution in [0.3, 0.4) is 0 Å². The number of morpholine rings is 1. The van der Waals surface area contributed by atoms with Crippen LogP contribution in [0.15, 0.2) is 18.3 Å². The number of pyridine rings is 1. The lowest BCUT2D eigenvalue weighted by Gasteiger charge is -2.36. The van der Waals surface area contributed by atoms with Crippen LogP contribution in [0.4, 0.5) is 0 Å². The van der Waals surface area contributed by atoms with Gasteiger partial charge in [0.1, 0.15) is 11.5 Å². The zero-order chi connectivity index (χ0) is 13.8. The van der Waals surface area contributed by atoms with E-state index < -0.39 is 0 Å². The van der Waals surface area contributed by atoms with Crippen molar-refractivity contribution in [3.8, 4) is 0 Å². The summed E-state index contributed by atoms with van der Waals surface area (Å²) in [5.74, 6) is -0.0227. The lowest BCUT2D eigenvalue weighted by atomic mass is 10.1. The summed E-state index contributed by atoms with van der Waals surface area (Å²) in [5.41, 5.74) is 6.99. The summed E-state index contributed by atoms with van der Waals surface area (Å²) in [6.45, 7) is 4.32. The van der Waals surface area contributed by atoms with Gasteiger partial charge in [-0.05, 0) is 24.6 Å². The summed E-state index contributed by atoms with van der Waals surface area (Å²) in [5, 5.41) is 16.6. The highest BCUT2D eigenvalue weighted by Crippen LogP contribution is 2.14. The quantitative estimate of drug-likeness (QED) is 0.523. The molecule has 2 heterocycles. The third-order valence-corrected chi connectivity index (χ3v) is 3.11. The van der Waals surface area contributed by atoms with E-state index in [2.05, 4.69) is 9.88 Å². The van der Waals surface area contributed by atoms with E-state index in [1.807, 2.05) is 19.1 Å². The molecule has 1 aliphatic heterocycles. The Morgan fingerprint density at radius 2 is 2.42 bits per heavy atom. The van der Waals surface area contributed by atoms with Crippen LogP contribution in [0.1, 0.15) is 18.2 Å². The summed E-state index contributed by atoms with van der Waals surface area (Å²) in [7, 11) is 0. The number of nitrogens with one attached hydrogen (secondary N) is 1. The van der Waals surface area contributed by atoms with E-state index in [0.29, 0.717) is 12.2 Å². The van der Waals surface area contributed by atoms with Crippen molar-refractivity contribution in [3.63, 3.8) is 0 Å². The van der Waals surface area contributed by atoms with Gasteiger partial charge in [-0.2, -0.15) is 0 Å². The summed E-state index contributed by atoms with van der Waals surface area (Å²) in [4.78, 5) is 6.28. The lowest BCUT2D eigenvalue weighted by Crippen LogP contribution is -2.47. The number of nitrogen functional groups attached to an aromatic ring is 1. The van der Waals surface area contributed by atoms with Crippen LogP contribution in [-0.2, 0) is 11.3 Å². The minimum atomic E-state index is -0.127. The van der Waals surface area contributed by atoms with Crippen LogP contribution in [0, 0.1) is 5.41 Å². The Balaban J connectivity index is 2.03. The first-order valence-electron chi connectivity index (χ1n) is 6.36. The van der Waals surface area contributed by atoms with E-state index in [1.165, 1.54) is 0 Å². The monoisotopic (exact) mass is 264 g/mol. The molecule has 2 unspecified atom stereocenters. The molecule has 6 heteroatoms. The molecular weight excluding hydrogens is 244 g/mol. The van der Waals surface area contributed by atoms with Gasteiger partial charge in [0.2, 0.25) is 0 Å². The molecule has 0 radical (unpaired) electrons. The number of rotatable bonds is 4. The van der Waals surface area contributed by atoms with E-state index in [9.17, 15) is 5.11 Å². The molecule has 2 atom stereocenters. The van der Waals surface area contributed by atoms with Crippen molar-refractivity contribution in [2.75, 3.05) is 19.7 Å². The Morgan fingerprint density at radius 1 is 1.63 bits per heavy atom. The number of hydrogen-bond acceptors (Lipinski definition) is 5. The largest absolute Gasteiger partial charge is 0.394 e. The van der Waals surface area contributed by atoms with Crippen molar-refractivity contribution in [1.82, 2.24) is 9.88 Å². The first kappa shape index (κ1) is 13.9. The fourth-order valence-electron chi connectivity index (χ4n) is 2.35. The highest BCUT2D eigenvalue weighted by Gasteiger charge is 2.24. The van der Waals surface area contributed by atoms with Gasteiger partial charge in [0, 0.05) is 25.8 Å². The van der Waals surface area contributed by atoms with Crippen LogP contribution in [-0.4, -0.2) is 52.7 Å². The third kappa shape index (κ3) is 3.73. The van der Waals surface area contributed by atoms with Gasteiger partial charge in [0.25, 0.3) is 0 Å². The van der Waals surface area contributed by atoms with Gasteiger partial charge < -0.3 is 15.6 Å². The smallest absolute Gasteiger partial charge is 0.141 e. The molecule has 4 N–H and O–H groups in total. The van der Waals surface area contributed by atoms with E-state index in [0.717, 1.165) is 18.7 Å². The average molecular weight is 264 g/mol. The molecule has 1 fully saturated rings. The minimum Gasteiger partial charge on any atom is -0.394 e. The molecule has 0 amide bonds. The van der Waals surface area contributed by atoms with Crippen LogP contribution in [0.5, 0.6) is 0 Å². The van der Waals surface area contributed by atoms with Crippen molar-refractivity contribution < 1.29 is 9.84 Å². The van der Waals surface area contributed by atoms with Crippen LogP contribution < -0.4 is 5.73 Å². The Bertz CT molecular complexity index is 452. The number of nitrogens with two attached hydrogens (primary N) is 1. The number of amidine groups is 1. The molecule has 2 rings (SSSR count). The van der Waals surface area contributed by atoms with Crippen molar-refractivity contribution in [2.24, 2.45) is 5.73 Å². The van der Waals surface area contributed by atoms with Gasteiger partial charge in [-0.3, -0.25) is 15.3 Å². The van der Waals surface area contributed by atoms with Gasteiger partial charge in [0.05, 0.1) is 18.8 Å². The second-order valence-corrected chi connectivity index (χ2v) is 4.91. The molecule has 19 heavy (non-hydrogen) atoms. The van der Waals surface area contributed by atoms with Crippen LogP contribution in [0.25, 0.3) is 0 Å². The summed E-state index contributed by atoms with van der Waals surface area (Å²) in [6, 6.07) is 3.75. The van der Waals surface area contributed by atoms with Gasteiger partial charge in [-0.25, -0.2) is 0 Å². The molecule has 0 aromatic carbocycles.